The summed E-state index contributed by atoms with van der Waals surface area (Å²) in [5, 5.41) is 21.9. The lowest BCUT2D eigenvalue weighted by molar-refractivity contribution is -0.136. The van der Waals surface area contributed by atoms with Crippen molar-refractivity contribution >= 4 is 5.97 Å². The van der Waals surface area contributed by atoms with Crippen LogP contribution in [0.4, 0.5) is 0 Å². The van der Waals surface area contributed by atoms with Gasteiger partial charge in [-0.1, -0.05) is 37.1 Å². The van der Waals surface area contributed by atoms with Crippen molar-refractivity contribution < 1.29 is 15.0 Å². The van der Waals surface area contributed by atoms with Crippen LogP contribution in [-0.4, -0.2) is 29.3 Å². The molecule has 1 saturated carbocycles. The monoisotopic (exact) mass is 277 g/mol. The Morgan fingerprint density at radius 1 is 1.20 bits per heavy atom. The van der Waals surface area contributed by atoms with Gasteiger partial charge in [-0.05, 0) is 24.0 Å². The summed E-state index contributed by atoms with van der Waals surface area (Å²) in [6, 6.07) is 7.63. The Hall–Kier alpha value is -1.39. The second-order valence-electron chi connectivity index (χ2n) is 5.81. The van der Waals surface area contributed by atoms with Gasteiger partial charge in [0.2, 0.25) is 0 Å². The van der Waals surface area contributed by atoms with Gasteiger partial charge in [0.05, 0.1) is 6.42 Å². The van der Waals surface area contributed by atoms with Gasteiger partial charge in [0, 0.05) is 25.1 Å². The molecule has 0 unspecified atom stereocenters. The standard InChI is InChI=1S/C16H23NO3/c18-12-16(7-3-4-8-16)11-17-10-14-6-2-1-5-13(14)9-15(19)20/h1-2,5-6,17-18H,3-4,7-12H2,(H,19,20). The van der Waals surface area contributed by atoms with Crippen LogP contribution < -0.4 is 5.32 Å². The smallest absolute Gasteiger partial charge is 0.307 e. The number of carboxylic acid groups (broad SMARTS) is 1. The number of carboxylic acids is 1. The zero-order valence-electron chi connectivity index (χ0n) is 11.8. The predicted molar refractivity (Wildman–Crippen MR) is 77.5 cm³/mol. The van der Waals surface area contributed by atoms with Gasteiger partial charge in [0.15, 0.2) is 0 Å². The first kappa shape index (κ1) is 15.0. The van der Waals surface area contributed by atoms with Crippen LogP contribution in [0.1, 0.15) is 36.8 Å². The summed E-state index contributed by atoms with van der Waals surface area (Å²) in [7, 11) is 0. The van der Waals surface area contributed by atoms with Gasteiger partial charge in [-0.25, -0.2) is 0 Å². The third-order valence-corrected chi connectivity index (χ3v) is 4.28. The molecule has 1 aromatic carbocycles. The number of aliphatic carboxylic acids is 1. The molecule has 0 amide bonds. The van der Waals surface area contributed by atoms with E-state index >= 15 is 0 Å². The van der Waals surface area contributed by atoms with Crippen LogP contribution in [0.3, 0.4) is 0 Å². The largest absolute Gasteiger partial charge is 0.481 e. The fourth-order valence-corrected chi connectivity index (χ4v) is 3.04. The Morgan fingerprint density at radius 2 is 1.85 bits per heavy atom. The first-order valence-corrected chi connectivity index (χ1v) is 7.25. The van der Waals surface area contributed by atoms with E-state index in [1.807, 2.05) is 24.3 Å². The molecule has 110 valence electrons. The molecule has 0 heterocycles. The van der Waals surface area contributed by atoms with Gasteiger partial charge >= 0.3 is 5.97 Å². The maximum Gasteiger partial charge on any atom is 0.307 e. The molecule has 0 bridgehead atoms. The lowest BCUT2D eigenvalue weighted by atomic mass is 9.87. The number of carbonyl (C=O) groups is 1. The lowest BCUT2D eigenvalue weighted by Crippen LogP contribution is -2.35. The van der Waals surface area contributed by atoms with E-state index in [1.54, 1.807) is 0 Å². The number of aliphatic hydroxyl groups is 1. The summed E-state index contributed by atoms with van der Waals surface area (Å²) in [4.78, 5) is 10.8. The van der Waals surface area contributed by atoms with Crippen molar-refractivity contribution in [3.05, 3.63) is 35.4 Å². The Balaban J connectivity index is 1.92. The zero-order chi connectivity index (χ0) is 14.4. The third-order valence-electron chi connectivity index (χ3n) is 4.28. The molecule has 0 radical (unpaired) electrons. The molecule has 0 aliphatic heterocycles. The molecule has 4 heteroatoms. The second-order valence-corrected chi connectivity index (χ2v) is 5.81. The molecular formula is C16H23NO3. The highest BCUT2D eigenvalue weighted by molar-refractivity contribution is 5.70. The molecule has 0 saturated heterocycles. The molecule has 0 spiro atoms. The fourth-order valence-electron chi connectivity index (χ4n) is 3.04. The number of hydrogen-bond donors (Lipinski definition) is 3. The van der Waals surface area contributed by atoms with Gasteiger partial charge in [0.25, 0.3) is 0 Å². The minimum Gasteiger partial charge on any atom is -0.481 e. The van der Waals surface area contributed by atoms with Gasteiger partial charge < -0.3 is 15.5 Å². The molecule has 2 rings (SSSR count). The summed E-state index contributed by atoms with van der Waals surface area (Å²) in [5.41, 5.74) is 1.92. The Morgan fingerprint density at radius 3 is 2.45 bits per heavy atom. The number of rotatable bonds is 7. The van der Waals surface area contributed by atoms with E-state index in [-0.39, 0.29) is 18.4 Å². The quantitative estimate of drug-likeness (QED) is 0.712. The van der Waals surface area contributed by atoms with Crippen LogP contribution in [0.25, 0.3) is 0 Å². The molecule has 0 aromatic heterocycles. The molecule has 4 nitrogen and oxygen atoms in total. The highest BCUT2D eigenvalue weighted by Crippen LogP contribution is 2.36. The normalized spacial score (nSPS) is 17.2. The van der Waals surface area contributed by atoms with Crippen molar-refractivity contribution in [3.63, 3.8) is 0 Å². The van der Waals surface area contributed by atoms with E-state index in [4.69, 9.17) is 5.11 Å². The molecule has 1 fully saturated rings. The number of hydrogen-bond acceptors (Lipinski definition) is 3. The highest BCUT2D eigenvalue weighted by Gasteiger charge is 2.32. The topological polar surface area (TPSA) is 69.6 Å². The van der Waals surface area contributed by atoms with E-state index < -0.39 is 5.97 Å². The Labute approximate surface area is 119 Å². The van der Waals surface area contributed by atoms with Crippen molar-refractivity contribution in [1.29, 1.82) is 0 Å². The molecular weight excluding hydrogens is 254 g/mol. The summed E-state index contributed by atoms with van der Waals surface area (Å²) in [5.74, 6) is -0.805. The van der Waals surface area contributed by atoms with E-state index in [2.05, 4.69) is 5.32 Å². The van der Waals surface area contributed by atoms with Gasteiger partial charge in [-0.3, -0.25) is 4.79 Å². The molecule has 0 atom stereocenters. The first-order valence-electron chi connectivity index (χ1n) is 7.25. The first-order chi connectivity index (χ1) is 9.65. The van der Waals surface area contributed by atoms with Crippen LogP contribution in [0, 0.1) is 5.41 Å². The van der Waals surface area contributed by atoms with Crippen LogP contribution in [-0.2, 0) is 17.8 Å². The lowest BCUT2D eigenvalue weighted by Gasteiger charge is -2.27. The van der Waals surface area contributed by atoms with E-state index in [9.17, 15) is 9.90 Å². The minimum absolute atomic E-state index is 0.0295. The zero-order valence-corrected chi connectivity index (χ0v) is 11.8. The number of nitrogens with one attached hydrogen (secondary N) is 1. The minimum atomic E-state index is -0.805. The van der Waals surface area contributed by atoms with Crippen molar-refractivity contribution in [3.8, 4) is 0 Å². The highest BCUT2D eigenvalue weighted by atomic mass is 16.4. The SMILES string of the molecule is O=C(O)Cc1ccccc1CNCC1(CO)CCCC1. The molecule has 20 heavy (non-hydrogen) atoms. The van der Waals surface area contributed by atoms with E-state index in [0.717, 1.165) is 30.5 Å². The summed E-state index contributed by atoms with van der Waals surface area (Å²) < 4.78 is 0. The van der Waals surface area contributed by atoms with Crippen molar-refractivity contribution in [2.75, 3.05) is 13.2 Å². The fraction of sp³-hybridized carbons (Fsp3) is 0.562. The maximum atomic E-state index is 10.8. The average molecular weight is 277 g/mol. The Kier molecular flexibility index (Phi) is 5.15. The molecule has 1 aliphatic carbocycles. The molecule has 1 aromatic rings. The summed E-state index contributed by atoms with van der Waals surface area (Å²) in [6.45, 7) is 1.69. The second kappa shape index (κ2) is 6.86. The molecule has 3 N–H and O–H groups in total. The van der Waals surface area contributed by atoms with Crippen LogP contribution in [0.15, 0.2) is 24.3 Å². The van der Waals surface area contributed by atoms with Gasteiger partial charge in [-0.15, -0.1) is 0 Å². The summed E-state index contributed by atoms with van der Waals surface area (Å²) in [6.07, 6.45) is 4.60. The van der Waals surface area contributed by atoms with Crippen molar-refractivity contribution in [1.82, 2.24) is 5.32 Å². The Bertz CT molecular complexity index is 453. The van der Waals surface area contributed by atoms with Gasteiger partial charge in [0.1, 0.15) is 0 Å². The number of aliphatic hydroxyl groups excluding tert-OH is 1. The van der Waals surface area contributed by atoms with E-state index in [0.29, 0.717) is 6.54 Å². The van der Waals surface area contributed by atoms with Crippen LogP contribution in [0.5, 0.6) is 0 Å². The predicted octanol–water partition coefficient (Wildman–Crippen LogP) is 1.96. The van der Waals surface area contributed by atoms with E-state index in [1.165, 1.54) is 12.8 Å². The van der Waals surface area contributed by atoms with Crippen molar-refractivity contribution in [2.24, 2.45) is 5.41 Å². The average Bonchev–Trinajstić information content (AvgIpc) is 2.89. The summed E-state index contributed by atoms with van der Waals surface area (Å²) >= 11 is 0. The maximum absolute atomic E-state index is 10.8. The molecule has 1 aliphatic rings. The van der Waals surface area contributed by atoms with Crippen molar-refractivity contribution in [2.45, 2.75) is 38.6 Å². The number of benzene rings is 1. The van der Waals surface area contributed by atoms with Gasteiger partial charge in [-0.2, -0.15) is 0 Å². The van der Waals surface area contributed by atoms with Crippen LogP contribution in [0.2, 0.25) is 0 Å². The third kappa shape index (κ3) is 3.81. The van der Waals surface area contributed by atoms with Crippen LogP contribution >= 0.6 is 0 Å².